The van der Waals surface area contributed by atoms with Gasteiger partial charge < -0.3 is 11.1 Å². The monoisotopic (exact) mass is 537 g/mol. The highest BCUT2D eigenvalue weighted by Gasteiger charge is 2.17. The van der Waals surface area contributed by atoms with Crippen LogP contribution in [-0.2, 0) is 7.05 Å². The van der Waals surface area contributed by atoms with Crippen LogP contribution in [0.3, 0.4) is 0 Å². The van der Waals surface area contributed by atoms with Crippen LogP contribution in [0.2, 0.25) is 0 Å². The van der Waals surface area contributed by atoms with Crippen LogP contribution >= 0.6 is 0 Å². The summed E-state index contributed by atoms with van der Waals surface area (Å²) in [4.78, 5) is 34.2. The lowest BCUT2D eigenvalue weighted by Gasteiger charge is -2.12. The van der Waals surface area contributed by atoms with Gasteiger partial charge in [0.1, 0.15) is 17.3 Å². The third-order valence-electron chi connectivity index (χ3n) is 6.27. The van der Waals surface area contributed by atoms with Gasteiger partial charge in [0, 0.05) is 30.3 Å². The normalized spacial score (nSPS) is 11.0. The van der Waals surface area contributed by atoms with Crippen molar-refractivity contribution >= 4 is 34.5 Å². The molecule has 11 nitrogen and oxygen atoms in total. The van der Waals surface area contributed by atoms with E-state index in [4.69, 9.17) is 5.73 Å². The van der Waals surface area contributed by atoms with Gasteiger partial charge in [-0.05, 0) is 47.9 Å². The Labute approximate surface area is 227 Å². The molecule has 0 aliphatic heterocycles. The summed E-state index contributed by atoms with van der Waals surface area (Å²) in [5, 5.41) is 19.7. The minimum atomic E-state index is -0.723. The van der Waals surface area contributed by atoms with E-state index in [0.29, 0.717) is 39.4 Å². The minimum Gasteiger partial charge on any atom is -0.368 e. The van der Waals surface area contributed by atoms with E-state index in [2.05, 4.69) is 31.8 Å². The molecule has 3 heterocycles. The van der Waals surface area contributed by atoms with Crippen molar-refractivity contribution in [1.29, 1.82) is 5.26 Å². The van der Waals surface area contributed by atoms with Crippen molar-refractivity contribution in [2.75, 3.05) is 16.4 Å². The zero-order valence-corrected chi connectivity index (χ0v) is 21.8. The maximum absolute atomic E-state index is 14.8. The van der Waals surface area contributed by atoms with Gasteiger partial charge in [0.2, 0.25) is 5.95 Å². The zero-order chi connectivity index (χ0) is 28.6. The first-order valence-corrected chi connectivity index (χ1v) is 12.2. The molecule has 0 aliphatic rings. The molecule has 0 aliphatic carbocycles. The number of hydrogen-bond acceptors (Lipinski definition) is 7. The van der Waals surface area contributed by atoms with Crippen molar-refractivity contribution in [3.63, 3.8) is 0 Å². The number of nitrogens with two attached hydrogens (primary N) is 1. The number of fused-ring (bicyclic) bond motifs is 1. The second kappa shape index (κ2) is 10.3. The summed E-state index contributed by atoms with van der Waals surface area (Å²) in [7, 11) is 1.55. The molecule has 40 heavy (non-hydrogen) atoms. The van der Waals surface area contributed by atoms with Gasteiger partial charge in [-0.15, -0.1) is 0 Å². The number of rotatable bonds is 5. The quantitative estimate of drug-likeness (QED) is 0.297. The number of nitrogen functional groups attached to an aromatic ring is 1. The number of halogens is 1. The zero-order valence-electron chi connectivity index (χ0n) is 21.8. The summed E-state index contributed by atoms with van der Waals surface area (Å²) in [5.74, 6) is -0.264. The number of amides is 2. The lowest BCUT2D eigenvalue weighted by Crippen LogP contribution is -2.22. The number of nitrogens with one attached hydrogen (secondary N) is 2. The van der Waals surface area contributed by atoms with E-state index >= 15 is 0 Å². The number of aromatic nitrogens is 5. The van der Waals surface area contributed by atoms with E-state index in [1.54, 1.807) is 43.4 Å². The molecule has 5 aromatic rings. The van der Waals surface area contributed by atoms with Crippen LogP contribution in [0.25, 0.3) is 27.8 Å². The number of benzene rings is 2. The SMILES string of the molecule is CC(C)c1cc(NC(=O)Nc2cc(-c3cc4cnc(N)nc4n(C)c3=O)ccc2F)n(-c2cccc(C#N)c2)n1. The first-order valence-electron chi connectivity index (χ1n) is 12.2. The molecule has 0 atom stereocenters. The Balaban J connectivity index is 1.46. The molecule has 0 bridgehead atoms. The van der Waals surface area contributed by atoms with Crippen LogP contribution in [0.4, 0.5) is 26.6 Å². The van der Waals surface area contributed by atoms with Gasteiger partial charge in [0.15, 0.2) is 0 Å². The maximum Gasteiger partial charge on any atom is 0.324 e. The molecule has 0 fully saturated rings. The smallest absolute Gasteiger partial charge is 0.324 e. The van der Waals surface area contributed by atoms with Gasteiger partial charge in [-0.3, -0.25) is 14.7 Å². The Kier molecular flexibility index (Phi) is 6.71. The molecule has 3 aromatic heterocycles. The number of aryl methyl sites for hydroxylation is 1. The summed E-state index contributed by atoms with van der Waals surface area (Å²) < 4.78 is 17.6. The average Bonchev–Trinajstić information content (AvgIpc) is 3.36. The predicted molar refractivity (Wildman–Crippen MR) is 150 cm³/mol. The lowest BCUT2D eigenvalue weighted by molar-refractivity contribution is 0.262. The van der Waals surface area contributed by atoms with Gasteiger partial charge in [-0.1, -0.05) is 26.0 Å². The molecule has 2 amide bonds. The lowest BCUT2D eigenvalue weighted by atomic mass is 10.1. The molecule has 200 valence electrons. The fourth-order valence-corrected chi connectivity index (χ4v) is 4.20. The van der Waals surface area contributed by atoms with E-state index < -0.39 is 11.8 Å². The highest BCUT2D eigenvalue weighted by atomic mass is 19.1. The first-order chi connectivity index (χ1) is 19.1. The van der Waals surface area contributed by atoms with Crippen molar-refractivity contribution in [1.82, 2.24) is 24.3 Å². The molecule has 2 aromatic carbocycles. The second-order valence-electron chi connectivity index (χ2n) is 9.39. The van der Waals surface area contributed by atoms with Crippen molar-refractivity contribution < 1.29 is 9.18 Å². The summed E-state index contributed by atoms with van der Waals surface area (Å²) in [5.41, 5.74) is 7.88. The molecule has 0 saturated carbocycles. The molecule has 4 N–H and O–H groups in total. The van der Waals surface area contributed by atoms with Crippen molar-refractivity contribution in [3.05, 3.63) is 88.2 Å². The van der Waals surface area contributed by atoms with E-state index in [1.165, 1.54) is 33.6 Å². The number of urea groups is 1. The minimum absolute atomic E-state index is 0.0363. The Morgan fingerprint density at radius 3 is 2.67 bits per heavy atom. The van der Waals surface area contributed by atoms with Gasteiger partial charge >= 0.3 is 6.03 Å². The predicted octanol–water partition coefficient (Wildman–Crippen LogP) is 4.54. The molecule has 12 heteroatoms. The number of hydrogen-bond donors (Lipinski definition) is 3. The van der Waals surface area contributed by atoms with E-state index in [9.17, 15) is 19.2 Å². The van der Waals surface area contributed by atoms with Crippen LogP contribution in [-0.4, -0.2) is 30.3 Å². The Morgan fingerprint density at radius 1 is 1.12 bits per heavy atom. The standard InChI is InChI=1S/C28H24FN9O2/c1-15(2)22-12-24(38(36-22)19-6-4-5-16(9-19)13-30)34-28(40)33-23-11-17(7-8-21(23)29)20-10-18-14-32-27(31)35-25(18)37(3)26(20)39/h4-12,14-15H,1-3H3,(H2,31,32,35)(H2,33,34,40). The molecule has 0 spiro atoms. The molecular formula is C28H24FN9O2. The van der Waals surface area contributed by atoms with Crippen LogP contribution in [0.1, 0.15) is 31.0 Å². The van der Waals surface area contributed by atoms with E-state index in [-0.39, 0.29) is 28.7 Å². The number of anilines is 3. The average molecular weight is 538 g/mol. The molecule has 0 radical (unpaired) electrons. The molecule has 0 saturated heterocycles. The van der Waals surface area contributed by atoms with Gasteiger partial charge in [0.05, 0.1) is 28.7 Å². The first kappa shape index (κ1) is 26.1. The molecular weight excluding hydrogens is 513 g/mol. The van der Waals surface area contributed by atoms with E-state index in [0.717, 1.165) is 0 Å². The van der Waals surface area contributed by atoms with Crippen LogP contribution in [0.5, 0.6) is 0 Å². The van der Waals surface area contributed by atoms with Crippen LogP contribution in [0, 0.1) is 17.1 Å². The summed E-state index contributed by atoms with van der Waals surface area (Å²) in [6, 6.07) is 15.4. The van der Waals surface area contributed by atoms with Crippen LogP contribution in [0.15, 0.2) is 65.6 Å². The summed E-state index contributed by atoms with van der Waals surface area (Å²) in [6.45, 7) is 3.92. The fourth-order valence-electron chi connectivity index (χ4n) is 4.20. The highest BCUT2D eigenvalue weighted by molar-refractivity contribution is 6.00. The van der Waals surface area contributed by atoms with Crippen molar-refractivity contribution in [2.45, 2.75) is 19.8 Å². The second-order valence-corrected chi connectivity index (χ2v) is 9.39. The van der Waals surface area contributed by atoms with Gasteiger partial charge in [-0.2, -0.15) is 15.3 Å². The largest absolute Gasteiger partial charge is 0.368 e. The number of carbonyl (C=O) groups is 1. The van der Waals surface area contributed by atoms with Crippen molar-refractivity contribution in [2.24, 2.45) is 7.05 Å². The fraction of sp³-hybridized carbons (Fsp3) is 0.143. The number of nitriles is 1. The summed E-state index contributed by atoms with van der Waals surface area (Å²) >= 11 is 0. The van der Waals surface area contributed by atoms with Gasteiger partial charge in [-0.25, -0.2) is 18.9 Å². The highest BCUT2D eigenvalue weighted by Crippen LogP contribution is 2.26. The number of nitrogens with zero attached hydrogens (tertiary/aromatic N) is 6. The van der Waals surface area contributed by atoms with Crippen molar-refractivity contribution in [3.8, 4) is 22.9 Å². The topological polar surface area (TPSA) is 157 Å². The Hall–Kier alpha value is -5.57. The third kappa shape index (κ3) is 4.95. The third-order valence-corrected chi connectivity index (χ3v) is 6.27. The molecule has 0 unspecified atom stereocenters. The summed E-state index contributed by atoms with van der Waals surface area (Å²) in [6.07, 6.45) is 1.50. The molecule has 5 rings (SSSR count). The maximum atomic E-state index is 14.8. The van der Waals surface area contributed by atoms with Crippen LogP contribution < -0.4 is 21.9 Å². The van der Waals surface area contributed by atoms with Gasteiger partial charge in [0.25, 0.3) is 5.56 Å². The van der Waals surface area contributed by atoms with E-state index in [1.807, 2.05) is 13.8 Å². The number of pyridine rings is 1. The number of carbonyl (C=O) groups excluding carboxylic acids is 1. The Morgan fingerprint density at radius 2 is 1.93 bits per heavy atom. The Bertz CT molecular complexity index is 1890.